The van der Waals surface area contributed by atoms with Crippen LogP contribution in [0.5, 0.6) is 0 Å². The van der Waals surface area contributed by atoms with E-state index in [0.29, 0.717) is 5.02 Å². The monoisotopic (exact) mass is 450 g/mol. The molecule has 1 saturated heterocycles. The Labute approximate surface area is 193 Å². The highest BCUT2D eigenvalue weighted by molar-refractivity contribution is 6.30. The molecule has 0 bridgehead atoms. The van der Waals surface area contributed by atoms with E-state index in [4.69, 9.17) is 21.6 Å². The predicted octanol–water partition coefficient (Wildman–Crippen LogP) is 5.69. The van der Waals surface area contributed by atoms with Crippen LogP contribution in [0.3, 0.4) is 0 Å². The molecule has 0 radical (unpaired) electrons. The van der Waals surface area contributed by atoms with Crippen molar-refractivity contribution in [1.29, 1.82) is 0 Å². The van der Waals surface area contributed by atoms with E-state index in [9.17, 15) is 0 Å². The van der Waals surface area contributed by atoms with E-state index in [-0.39, 0.29) is 12.4 Å². The van der Waals surface area contributed by atoms with Crippen LogP contribution < -0.4 is 4.90 Å². The van der Waals surface area contributed by atoms with Gasteiger partial charge in [0.2, 0.25) is 0 Å². The fourth-order valence-corrected chi connectivity index (χ4v) is 4.11. The lowest BCUT2D eigenvalue weighted by Gasteiger charge is -2.36. The van der Waals surface area contributed by atoms with Crippen molar-refractivity contribution in [1.82, 2.24) is 14.9 Å². The average molecular weight is 451 g/mol. The maximum Gasteiger partial charge on any atom is 0.162 e. The molecule has 31 heavy (non-hydrogen) atoms. The first-order valence-electron chi connectivity index (χ1n) is 10.3. The summed E-state index contributed by atoms with van der Waals surface area (Å²) in [4.78, 5) is 14.7. The van der Waals surface area contributed by atoms with E-state index in [1.165, 1.54) is 5.56 Å². The van der Waals surface area contributed by atoms with Gasteiger partial charge >= 0.3 is 0 Å². The van der Waals surface area contributed by atoms with Crippen LogP contribution in [0, 0.1) is 0 Å². The van der Waals surface area contributed by atoms with Crippen molar-refractivity contribution >= 4 is 40.7 Å². The first kappa shape index (κ1) is 21.6. The summed E-state index contributed by atoms with van der Waals surface area (Å²) in [5, 5.41) is 1.82. The maximum atomic E-state index is 6.07. The second kappa shape index (κ2) is 9.65. The highest BCUT2D eigenvalue weighted by Gasteiger charge is 2.21. The molecule has 4 aromatic rings. The van der Waals surface area contributed by atoms with Gasteiger partial charge in [0.1, 0.15) is 5.82 Å². The number of para-hydroxylation sites is 1. The second-order valence-corrected chi connectivity index (χ2v) is 8.08. The molecule has 4 nitrogen and oxygen atoms in total. The molecule has 0 amide bonds. The number of benzene rings is 3. The first-order valence-corrected chi connectivity index (χ1v) is 10.7. The molecule has 0 saturated carbocycles. The minimum Gasteiger partial charge on any atom is -0.353 e. The number of piperazine rings is 1. The molecular weight excluding hydrogens is 427 g/mol. The zero-order chi connectivity index (χ0) is 20.3. The minimum absolute atomic E-state index is 0. The van der Waals surface area contributed by atoms with Gasteiger partial charge in [-0.1, -0.05) is 54.1 Å². The highest BCUT2D eigenvalue weighted by Crippen LogP contribution is 2.29. The quantitative estimate of drug-likeness (QED) is 0.399. The van der Waals surface area contributed by atoms with Gasteiger partial charge in [-0.15, -0.1) is 12.4 Å². The van der Waals surface area contributed by atoms with Crippen LogP contribution in [-0.2, 0) is 6.54 Å². The van der Waals surface area contributed by atoms with Crippen LogP contribution in [0.1, 0.15) is 5.56 Å². The topological polar surface area (TPSA) is 32.3 Å². The predicted molar refractivity (Wildman–Crippen MR) is 131 cm³/mol. The number of anilines is 1. The standard InChI is InChI=1S/C25H23ClN4.ClH/c26-21-12-10-20(11-13-21)24-27-23-9-5-4-8-22(23)25(28-24)30-16-14-29(15-17-30)18-19-6-2-1-3-7-19;/h1-13H,14-18H2;1H. The number of hydrogen-bond acceptors (Lipinski definition) is 4. The summed E-state index contributed by atoms with van der Waals surface area (Å²) in [6.45, 7) is 4.93. The number of fused-ring (bicyclic) bond motifs is 1. The summed E-state index contributed by atoms with van der Waals surface area (Å²) >= 11 is 6.07. The summed E-state index contributed by atoms with van der Waals surface area (Å²) in [7, 11) is 0. The van der Waals surface area contributed by atoms with Crippen LogP contribution >= 0.6 is 24.0 Å². The van der Waals surface area contributed by atoms with Gasteiger partial charge in [0.05, 0.1) is 5.52 Å². The van der Waals surface area contributed by atoms with E-state index in [1.807, 2.05) is 30.3 Å². The Kier molecular flexibility index (Phi) is 6.71. The first-order chi connectivity index (χ1) is 14.8. The van der Waals surface area contributed by atoms with E-state index in [2.05, 4.69) is 58.3 Å². The van der Waals surface area contributed by atoms with Crippen molar-refractivity contribution in [3.8, 4) is 11.4 Å². The Balaban J connectivity index is 0.00000231. The van der Waals surface area contributed by atoms with Crippen molar-refractivity contribution in [2.45, 2.75) is 6.54 Å². The summed E-state index contributed by atoms with van der Waals surface area (Å²) in [5.74, 6) is 1.76. The average Bonchev–Trinajstić information content (AvgIpc) is 2.80. The third kappa shape index (κ3) is 4.82. The molecule has 1 aliphatic rings. The normalized spacial score (nSPS) is 14.4. The molecule has 5 rings (SSSR count). The molecule has 0 unspecified atom stereocenters. The Hall–Kier alpha value is -2.66. The zero-order valence-corrected chi connectivity index (χ0v) is 18.7. The van der Waals surface area contributed by atoms with Crippen LogP contribution in [0.2, 0.25) is 5.02 Å². The second-order valence-electron chi connectivity index (χ2n) is 7.64. The molecule has 1 aliphatic heterocycles. The van der Waals surface area contributed by atoms with Gasteiger partial charge in [-0.05, 0) is 42.0 Å². The molecule has 0 atom stereocenters. The van der Waals surface area contributed by atoms with Gasteiger partial charge in [-0.2, -0.15) is 0 Å². The van der Waals surface area contributed by atoms with Crippen molar-refractivity contribution in [2.24, 2.45) is 0 Å². The van der Waals surface area contributed by atoms with Gasteiger partial charge in [-0.3, -0.25) is 4.90 Å². The SMILES string of the molecule is Cl.Clc1ccc(-c2nc(N3CCN(Cc4ccccc4)CC3)c3ccccc3n2)cc1. The summed E-state index contributed by atoms with van der Waals surface area (Å²) in [5.41, 5.74) is 3.32. The Morgan fingerprint density at radius 1 is 0.742 bits per heavy atom. The van der Waals surface area contributed by atoms with Crippen LogP contribution in [0.15, 0.2) is 78.9 Å². The smallest absolute Gasteiger partial charge is 0.162 e. The molecule has 2 heterocycles. The van der Waals surface area contributed by atoms with Crippen LogP contribution in [0.4, 0.5) is 5.82 Å². The molecule has 0 aliphatic carbocycles. The lowest BCUT2D eigenvalue weighted by Crippen LogP contribution is -2.46. The molecule has 6 heteroatoms. The van der Waals surface area contributed by atoms with Gasteiger partial charge in [0, 0.05) is 48.7 Å². The van der Waals surface area contributed by atoms with E-state index >= 15 is 0 Å². The molecule has 3 aromatic carbocycles. The van der Waals surface area contributed by atoms with Crippen molar-refractivity contribution in [3.05, 3.63) is 89.4 Å². The Morgan fingerprint density at radius 3 is 2.16 bits per heavy atom. The van der Waals surface area contributed by atoms with Gasteiger partial charge < -0.3 is 4.90 Å². The highest BCUT2D eigenvalue weighted by atomic mass is 35.5. The largest absolute Gasteiger partial charge is 0.353 e. The lowest BCUT2D eigenvalue weighted by atomic mass is 10.1. The van der Waals surface area contributed by atoms with E-state index < -0.39 is 0 Å². The molecular formula is C25H24Cl2N4. The maximum absolute atomic E-state index is 6.07. The molecule has 0 N–H and O–H groups in total. The number of hydrogen-bond donors (Lipinski definition) is 0. The summed E-state index contributed by atoms with van der Waals surface area (Å²) < 4.78 is 0. The molecule has 158 valence electrons. The third-order valence-corrected chi connectivity index (χ3v) is 5.86. The third-order valence-electron chi connectivity index (χ3n) is 5.61. The zero-order valence-electron chi connectivity index (χ0n) is 17.1. The van der Waals surface area contributed by atoms with E-state index in [0.717, 1.165) is 60.8 Å². The van der Waals surface area contributed by atoms with Gasteiger partial charge in [0.25, 0.3) is 0 Å². The summed E-state index contributed by atoms with van der Waals surface area (Å²) in [6, 6.07) is 26.7. The Morgan fingerprint density at radius 2 is 1.42 bits per heavy atom. The van der Waals surface area contributed by atoms with Gasteiger partial charge in [0.15, 0.2) is 5.82 Å². The minimum atomic E-state index is 0. The number of nitrogens with zero attached hydrogens (tertiary/aromatic N) is 4. The number of halogens is 2. The van der Waals surface area contributed by atoms with Crippen molar-refractivity contribution in [3.63, 3.8) is 0 Å². The molecule has 0 spiro atoms. The molecule has 1 aromatic heterocycles. The Bertz CT molecular complexity index is 1140. The fourth-order valence-electron chi connectivity index (χ4n) is 3.99. The number of aromatic nitrogens is 2. The van der Waals surface area contributed by atoms with Crippen LogP contribution in [0.25, 0.3) is 22.3 Å². The van der Waals surface area contributed by atoms with Gasteiger partial charge in [-0.25, -0.2) is 9.97 Å². The van der Waals surface area contributed by atoms with E-state index in [1.54, 1.807) is 0 Å². The molecule has 1 fully saturated rings. The van der Waals surface area contributed by atoms with Crippen molar-refractivity contribution < 1.29 is 0 Å². The number of rotatable bonds is 4. The fraction of sp³-hybridized carbons (Fsp3) is 0.200. The van der Waals surface area contributed by atoms with Crippen LogP contribution in [-0.4, -0.2) is 41.0 Å². The van der Waals surface area contributed by atoms with Crippen molar-refractivity contribution in [2.75, 3.05) is 31.1 Å². The lowest BCUT2D eigenvalue weighted by molar-refractivity contribution is 0.249. The summed E-state index contributed by atoms with van der Waals surface area (Å²) in [6.07, 6.45) is 0.